The fourth-order valence-electron chi connectivity index (χ4n) is 3.36. The number of aromatic nitrogens is 2. The van der Waals surface area contributed by atoms with E-state index in [0.717, 1.165) is 27.8 Å². The number of ether oxygens (including phenoxy) is 1. The average Bonchev–Trinajstić information content (AvgIpc) is 3.46. The van der Waals surface area contributed by atoms with Gasteiger partial charge in [0.25, 0.3) is 0 Å². The van der Waals surface area contributed by atoms with Crippen molar-refractivity contribution in [2.45, 2.75) is 31.6 Å². The zero-order valence-corrected chi connectivity index (χ0v) is 14.2. The van der Waals surface area contributed by atoms with Crippen LogP contribution in [0.4, 0.5) is 0 Å². The van der Waals surface area contributed by atoms with Gasteiger partial charge in [0, 0.05) is 42.9 Å². The number of Topliss-reactive ketones (excluding diaryl/α,β-unsaturated/α-hetero) is 1. The second-order valence-corrected chi connectivity index (χ2v) is 6.61. The van der Waals surface area contributed by atoms with Gasteiger partial charge in [-0.2, -0.15) is 0 Å². The third kappa shape index (κ3) is 3.38. The van der Waals surface area contributed by atoms with Crippen LogP contribution in [0.5, 0.6) is 5.75 Å². The lowest BCUT2D eigenvalue weighted by molar-refractivity contribution is -0.117. The van der Waals surface area contributed by atoms with Crippen LogP contribution in [0.1, 0.15) is 35.4 Å². The first kappa shape index (κ1) is 15.8. The minimum atomic E-state index is 0.199. The number of pyridine rings is 2. The summed E-state index contributed by atoms with van der Waals surface area (Å²) >= 11 is 0. The van der Waals surface area contributed by atoms with Crippen molar-refractivity contribution in [3.63, 3.8) is 0 Å². The SMILES string of the molecule is COc1ccc2c(C3CC3)c(CC(=O)Cc3cccnc3)cnc2c1. The maximum absolute atomic E-state index is 12.5. The van der Waals surface area contributed by atoms with Crippen LogP contribution in [0.15, 0.2) is 48.9 Å². The number of fused-ring (bicyclic) bond motifs is 1. The van der Waals surface area contributed by atoms with E-state index < -0.39 is 0 Å². The maximum Gasteiger partial charge on any atom is 0.141 e. The molecule has 1 aliphatic rings. The molecule has 0 spiro atoms. The molecule has 1 aromatic carbocycles. The van der Waals surface area contributed by atoms with E-state index in [2.05, 4.69) is 16.0 Å². The Morgan fingerprint density at radius 2 is 2.08 bits per heavy atom. The highest BCUT2D eigenvalue weighted by molar-refractivity contribution is 5.89. The summed E-state index contributed by atoms with van der Waals surface area (Å²) in [5, 5.41) is 1.15. The number of hydrogen-bond donors (Lipinski definition) is 0. The van der Waals surface area contributed by atoms with E-state index in [1.165, 1.54) is 18.4 Å². The van der Waals surface area contributed by atoms with Crippen LogP contribution >= 0.6 is 0 Å². The Morgan fingerprint density at radius 3 is 2.80 bits per heavy atom. The van der Waals surface area contributed by atoms with Crippen LogP contribution in [0.2, 0.25) is 0 Å². The first-order valence-electron chi connectivity index (χ1n) is 8.60. The van der Waals surface area contributed by atoms with Gasteiger partial charge >= 0.3 is 0 Å². The van der Waals surface area contributed by atoms with E-state index in [9.17, 15) is 4.79 Å². The summed E-state index contributed by atoms with van der Waals surface area (Å²) in [5.74, 6) is 1.56. The molecule has 1 saturated carbocycles. The lowest BCUT2D eigenvalue weighted by Crippen LogP contribution is -2.09. The molecule has 0 radical (unpaired) electrons. The summed E-state index contributed by atoms with van der Waals surface area (Å²) in [6.07, 6.45) is 8.57. The van der Waals surface area contributed by atoms with Crippen LogP contribution in [0, 0.1) is 0 Å². The van der Waals surface area contributed by atoms with Gasteiger partial charge in [-0.25, -0.2) is 0 Å². The topological polar surface area (TPSA) is 52.1 Å². The molecule has 3 aromatic rings. The molecule has 2 heterocycles. The molecular formula is C21H20N2O2. The molecular weight excluding hydrogens is 312 g/mol. The first-order chi connectivity index (χ1) is 12.2. The van der Waals surface area contributed by atoms with Crippen molar-refractivity contribution in [2.75, 3.05) is 7.11 Å². The Hall–Kier alpha value is -2.75. The van der Waals surface area contributed by atoms with Gasteiger partial charge in [0.15, 0.2) is 0 Å². The van der Waals surface area contributed by atoms with E-state index in [-0.39, 0.29) is 5.78 Å². The van der Waals surface area contributed by atoms with Gasteiger partial charge in [-0.3, -0.25) is 14.8 Å². The molecule has 25 heavy (non-hydrogen) atoms. The normalized spacial score (nSPS) is 13.8. The van der Waals surface area contributed by atoms with Crippen molar-refractivity contribution < 1.29 is 9.53 Å². The Bertz CT molecular complexity index is 918. The van der Waals surface area contributed by atoms with E-state index in [4.69, 9.17) is 4.74 Å². The van der Waals surface area contributed by atoms with E-state index >= 15 is 0 Å². The fourth-order valence-corrected chi connectivity index (χ4v) is 3.36. The predicted octanol–water partition coefficient (Wildman–Crippen LogP) is 3.87. The number of nitrogens with zero attached hydrogens (tertiary/aromatic N) is 2. The second-order valence-electron chi connectivity index (χ2n) is 6.61. The van der Waals surface area contributed by atoms with Gasteiger partial charge in [0.2, 0.25) is 0 Å². The van der Waals surface area contributed by atoms with Crippen molar-refractivity contribution in [2.24, 2.45) is 0 Å². The molecule has 2 aromatic heterocycles. The minimum absolute atomic E-state index is 0.199. The quantitative estimate of drug-likeness (QED) is 0.687. The van der Waals surface area contributed by atoms with Crippen molar-refractivity contribution in [3.05, 3.63) is 65.6 Å². The number of carbonyl (C=O) groups excluding carboxylic acids is 1. The first-order valence-corrected chi connectivity index (χ1v) is 8.60. The summed E-state index contributed by atoms with van der Waals surface area (Å²) < 4.78 is 5.30. The largest absolute Gasteiger partial charge is 0.497 e. The molecule has 4 rings (SSSR count). The lowest BCUT2D eigenvalue weighted by atomic mass is 9.95. The number of benzene rings is 1. The highest BCUT2D eigenvalue weighted by Gasteiger charge is 2.29. The van der Waals surface area contributed by atoms with Crippen LogP contribution in [0.3, 0.4) is 0 Å². The third-order valence-corrected chi connectivity index (χ3v) is 4.70. The van der Waals surface area contributed by atoms with Gasteiger partial charge in [-0.05, 0) is 53.6 Å². The Labute approximate surface area is 146 Å². The molecule has 0 bridgehead atoms. The molecule has 0 aliphatic heterocycles. The van der Waals surface area contributed by atoms with Crippen molar-refractivity contribution in [3.8, 4) is 5.75 Å². The molecule has 1 aliphatic carbocycles. The molecule has 0 N–H and O–H groups in total. The molecule has 1 fully saturated rings. The second kappa shape index (κ2) is 6.63. The van der Waals surface area contributed by atoms with E-state index in [0.29, 0.717) is 18.8 Å². The Kier molecular flexibility index (Phi) is 4.18. The third-order valence-electron chi connectivity index (χ3n) is 4.70. The van der Waals surface area contributed by atoms with Gasteiger partial charge in [-0.1, -0.05) is 6.07 Å². The van der Waals surface area contributed by atoms with Gasteiger partial charge in [0.05, 0.1) is 12.6 Å². The van der Waals surface area contributed by atoms with Crippen LogP contribution in [-0.2, 0) is 17.6 Å². The fraction of sp³-hybridized carbons (Fsp3) is 0.286. The smallest absolute Gasteiger partial charge is 0.141 e. The zero-order chi connectivity index (χ0) is 17.2. The summed E-state index contributed by atoms with van der Waals surface area (Å²) in [5.41, 5.74) is 4.25. The summed E-state index contributed by atoms with van der Waals surface area (Å²) in [7, 11) is 1.66. The monoisotopic (exact) mass is 332 g/mol. The highest BCUT2D eigenvalue weighted by atomic mass is 16.5. The molecule has 4 heteroatoms. The molecule has 0 saturated heterocycles. The maximum atomic E-state index is 12.5. The molecule has 4 nitrogen and oxygen atoms in total. The summed E-state index contributed by atoms with van der Waals surface area (Å²) in [6, 6.07) is 9.81. The van der Waals surface area contributed by atoms with Crippen LogP contribution < -0.4 is 4.74 Å². The highest BCUT2D eigenvalue weighted by Crippen LogP contribution is 2.45. The van der Waals surface area contributed by atoms with E-state index in [1.54, 1.807) is 19.5 Å². The predicted molar refractivity (Wildman–Crippen MR) is 96.9 cm³/mol. The van der Waals surface area contributed by atoms with Crippen molar-refractivity contribution in [1.82, 2.24) is 9.97 Å². The standard InChI is InChI=1S/C21H20N2O2/c1-25-18-6-7-19-20(11-18)23-13-16(21(19)15-4-5-15)10-17(24)9-14-3-2-8-22-12-14/h2-3,6-8,11-13,15H,4-5,9-10H2,1H3. The number of ketones is 1. The van der Waals surface area contributed by atoms with Gasteiger partial charge < -0.3 is 4.74 Å². The number of carbonyl (C=O) groups is 1. The minimum Gasteiger partial charge on any atom is -0.497 e. The molecule has 0 atom stereocenters. The van der Waals surface area contributed by atoms with Gasteiger partial charge in [-0.15, -0.1) is 0 Å². The Morgan fingerprint density at radius 1 is 1.20 bits per heavy atom. The van der Waals surface area contributed by atoms with E-state index in [1.807, 2.05) is 30.5 Å². The number of hydrogen-bond acceptors (Lipinski definition) is 4. The zero-order valence-electron chi connectivity index (χ0n) is 14.2. The molecule has 0 amide bonds. The van der Waals surface area contributed by atoms with Crippen molar-refractivity contribution in [1.29, 1.82) is 0 Å². The molecule has 126 valence electrons. The number of methoxy groups -OCH3 is 1. The Balaban J connectivity index is 1.65. The summed E-state index contributed by atoms with van der Waals surface area (Å²) in [6.45, 7) is 0. The van der Waals surface area contributed by atoms with Crippen LogP contribution in [-0.4, -0.2) is 22.9 Å². The van der Waals surface area contributed by atoms with Crippen molar-refractivity contribution >= 4 is 16.7 Å². The average molecular weight is 332 g/mol. The molecule has 0 unspecified atom stereocenters. The number of rotatable bonds is 6. The van der Waals surface area contributed by atoms with Gasteiger partial charge in [0.1, 0.15) is 11.5 Å². The van der Waals surface area contributed by atoms with Crippen LogP contribution in [0.25, 0.3) is 10.9 Å². The summed E-state index contributed by atoms with van der Waals surface area (Å²) in [4.78, 5) is 21.2. The lowest BCUT2D eigenvalue weighted by Gasteiger charge is -2.12.